The molecular formula is C9H8N2OS3. The molecule has 0 saturated carbocycles. The van der Waals surface area contributed by atoms with Crippen LogP contribution in [0.4, 0.5) is 5.13 Å². The number of anilines is 1. The second-order valence-electron chi connectivity index (χ2n) is 2.70. The van der Waals surface area contributed by atoms with Gasteiger partial charge in [-0.05, 0) is 11.4 Å². The van der Waals surface area contributed by atoms with Crippen LogP contribution in [0.25, 0.3) is 0 Å². The fourth-order valence-electron chi connectivity index (χ4n) is 0.936. The van der Waals surface area contributed by atoms with Crippen molar-refractivity contribution in [1.82, 2.24) is 4.98 Å². The SMILES string of the molecule is CC(=O)Nc1ncc(Sc2cccs2)s1. The minimum Gasteiger partial charge on any atom is -0.302 e. The van der Waals surface area contributed by atoms with E-state index in [-0.39, 0.29) is 5.91 Å². The first-order chi connectivity index (χ1) is 7.24. The summed E-state index contributed by atoms with van der Waals surface area (Å²) in [4.78, 5) is 14.9. The summed E-state index contributed by atoms with van der Waals surface area (Å²) in [7, 11) is 0. The van der Waals surface area contributed by atoms with Gasteiger partial charge in [0.25, 0.3) is 0 Å². The minimum atomic E-state index is -0.0861. The fraction of sp³-hybridized carbons (Fsp3) is 0.111. The number of hydrogen-bond donors (Lipinski definition) is 1. The summed E-state index contributed by atoms with van der Waals surface area (Å²) in [5, 5.41) is 5.36. The van der Waals surface area contributed by atoms with Crippen LogP contribution < -0.4 is 5.32 Å². The highest BCUT2D eigenvalue weighted by Crippen LogP contribution is 2.36. The van der Waals surface area contributed by atoms with E-state index in [2.05, 4.69) is 16.4 Å². The Hall–Kier alpha value is -0.850. The number of aromatic nitrogens is 1. The molecule has 0 atom stereocenters. The van der Waals surface area contributed by atoms with Crippen molar-refractivity contribution in [2.45, 2.75) is 15.3 Å². The average molecular weight is 256 g/mol. The Morgan fingerprint density at radius 2 is 2.40 bits per heavy atom. The van der Waals surface area contributed by atoms with Gasteiger partial charge in [0.15, 0.2) is 5.13 Å². The molecule has 78 valence electrons. The molecule has 0 radical (unpaired) electrons. The molecule has 2 heterocycles. The molecule has 0 bridgehead atoms. The molecule has 1 amide bonds. The molecule has 0 spiro atoms. The molecule has 0 aliphatic heterocycles. The topological polar surface area (TPSA) is 42.0 Å². The summed E-state index contributed by atoms with van der Waals surface area (Å²) < 4.78 is 2.31. The van der Waals surface area contributed by atoms with E-state index in [1.54, 1.807) is 29.3 Å². The zero-order chi connectivity index (χ0) is 10.7. The molecule has 0 aliphatic rings. The zero-order valence-corrected chi connectivity index (χ0v) is 10.3. The van der Waals surface area contributed by atoms with Crippen molar-refractivity contribution in [1.29, 1.82) is 0 Å². The van der Waals surface area contributed by atoms with Crippen molar-refractivity contribution < 1.29 is 4.79 Å². The maximum atomic E-state index is 10.8. The van der Waals surface area contributed by atoms with E-state index >= 15 is 0 Å². The fourth-order valence-corrected chi connectivity index (χ4v) is 3.89. The zero-order valence-electron chi connectivity index (χ0n) is 7.89. The molecule has 15 heavy (non-hydrogen) atoms. The molecule has 2 aromatic rings. The van der Waals surface area contributed by atoms with E-state index in [9.17, 15) is 4.79 Å². The standard InChI is InChI=1S/C9H8N2OS3/c1-6(12)11-9-10-5-8(15-9)14-7-3-2-4-13-7/h2-5H,1H3,(H,10,11,12). The van der Waals surface area contributed by atoms with Crippen molar-refractivity contribution in [2.24, 2.45) is 0 Å². The van der Waals surface area contributed by atoms with Crippen LogP contribution in [0, 0.1) is 0 Å². The molecular weight excluding hydrogens is 248 g/mol. The van der Waals surface area contributed by atoms with E-state index in [0.717, 1.165) is 4.21 Å². The number of hydrogen-bond acceptors (Lipinski definition) is 5. The molecule has 2 rings (SSSR count). The lowest BCUT2D eigenvalue weighted by molar-refractivity contribution is -0.114. The quantitative estimate of drug-likeness (QED) is 0.916. The van der Waals surface area contributed by atoms with Crippen LogP contribution in [-0.2, 0) is 4.79 Å². The van der Waals surface area contributed by atoms with Crippen LogP contribution >= 0.6 is 34.4 Å². The lowest BCUT2D eigenvalue weighted by Gasteiger charge is -1.92. The highest BCUT2D eigenvalue weighted by molar-refractivity contribution is 8.02. The van der Waals surface area contributed by atoms with E-state index in [4.69, 9.17) is 0 Å². The second kappa shape index (κ2) is 4.78. The Kier molecular flexibility index (Phi) is 3.40. The number of thiazole rings is 1. The lowest BCUT2D eigenvalue weighted by Crippen LogP contribution is -2.04. The highest BCUT2D eigenvalue weighted by atomic mass is 32.2. The van der Waals surface area contributed by atoms with E-state index < -0.39 is 0 Å². The third-order valence-corrected chi connectivity index (χ3v) is 4.52. The largest absolute Gasteiger partial charge is 0.302 e. The van der Waals surface area contributed by atoms with Gasteiger partial charge in [0.2, 0.25) is 5.91 Å². The lowest BCUT2D eigenvalue weighted by atomic mass is 10.7. The number of carbonyl (C=O) groups excluding carboxylic acids is 1. The predicted octanol–water partition coefficient (Wildman–Crippen LogP) is 3.31. The Labute approximate surface area is 99.6 Å². The smallest absolute Gasteiger partial charge is 0.223 e. The van der Waals surface area contributed by atoms with Gasteiger partial charge >= 0.3 is 0 Å². The minimum absolute atomic E-state index is 0.0861. The van der Waals surface area contributed by atoms with Gasteiger partial charge < -0.3 is 5.32 Å². The molecule has 6 heteroatoms. The number of nitrogens with one attached hydrogen (secondary N) is 1. The number of nitrogens with zero attached hydrogens (tertiary/aromatic N) is 1. The first-order valence-corrected chi connectivity index (χ1v) is 6.70. The van der Waals surface area contributed by atoms with Crippen molar-refractivity contribution in [3.05, 3.63) is 23.7 Å². The van der Waals surface area contributed by atoms with Crippen molar-refractivity contribution in [3.8, 4) is 0 Å². The van der Waals surface area contributed by atoms with Gasteiger partial charge in [0, 0.05) is 6.92 Å². The maximum absolute atomic E-state index is 10.8. The summed E-state index contributed by atoms with van der Waals surface area (Å²) in [6.07, 6.45) is 1.78. The van der Waals surface area contributed by atoms with Gasteiger partial charge in [-0.2, -0.15) is 0 Å². The Balaban J connectivity index is 2.04. The maximum Gasteiger partial charge on any atom is 0.223 e. The summed E-state index contributed by atoms with van der Waals surface area (Å²) in [6.45, 7) is 1.48. The highest BCUT2D eigenvalue weighted by Gasteiger charge is 2.05. The summed E-state index contributed by atoms with van der Waals surface area (Å²) in [6, 6.07) is 4.08. The van der Waals surface area contributed by atoms with Crippen LogP contribution in [0.15, 0.2) is 32.1 Å². The molecule has 0 unspecified atom stereocenters. The van der Waals surface area contributed by atoms with Crippen LogP contribution in [0.2, 0.25) is 0 Å². The number of thiophene rings is 1. The molecule has 0 saturated heterocycles. The summed E-state index contributed by atoms with van der Waals surface area (Å²) in [5.41, 5.74) is 0. The monoisotopic (exact) mass is 256 g/mol. The van der Waals surface area contributed by atoms with Crippen molar-refractivity contribution in [2.75, 3.05) is 5.32 Å². The van der Waals surface area contributed by atoms with Crippen LogP contribution in [0.5, 0.6) is 0 Å². The van der Waals surface area contributed by atoms with E-state index in [1.807, 2.05) is 11.4 Å². The van der Waals surface area contributed by atoms with Gasteiger partial charge in [0.05, 0.1) is 14.6 Å². The molecule has 3 nitrogen and oxygen atoms in total. The van der Waals surface area contributed by atoms with Crippen molar-refractivity contribution >= 4 is 45.5 Å². The van der Waals surface area contributed by atoms with Gasteiger partial charge in [-0.15, -0.1) is 11.3 Å². The first kappa shape index (κ1) is 10.7. The van der Waals surface area contributed by atoms with Gasteiger partial charge in [0.1, 0.15) is 0 Å². The number of carbonyl (C=O) groups is 1. The third-order valence-electron chi connectivity index (χ3n) is 1.46. The van der Waals surface area contributed by atoms with Gasteiger partial charge in [-0.1, -0.05) is 29.2 Å². The molecule has 0 aliphatic carbocycles. The second-order valence-corrected chi connectivity index (χ2v) is 6.28. The van der Waals surface area contributed by atoms with Gasteiger partial charge in [-0.25, -0.2) is 4.98 Å². The van der Waals surface area contributed by atoms with Gasteiger partial charge in [-0.3, -0.25) is 4.79 Å². The van der Waals surface area contributed by atoms with Crippen LogP contribution in [0.3, 0.4) is 0 Å². The van der Waals surface area contributed by atoms with Crippen molar-refractivity contribution in [3.63, 3.8) is 0 Å². The van der Waals surface area contributed by atoms with E-state index in [0.29, 0.717) is 5.13 Å². The number of amides is 1. The molecule has 2 aromatic heterocycles. The Morgan fingerprint density at radius 1 is 1.53 bits per heavy atom. The third kappa shape index (κ3) is 3.05. The molecule has 0 fully saturated rings. The van der Waals surface area contributed by atoms with Crippen LogP contribution in [0.1, 0.15) is 6.92 Å². The number of rotatable bonds is 3. The van der Waals surface area contributed by atoms with E-state index in [1.165, 1.54) is 22.5 Å². The first-order valence-electron chi connectivity index (χ1n) is 4.19. The molecule has 0 aromatic carbocycles. The normalized spacial score (nSPS) is 10.2. The summed E-state index contributed by atoms with van der Waals surface area (Å²) >= 11 is 4.85. The summed E-state index contributed by atoms with van der Waals surface area (Å²) in [5.74, 6) is -0.0861. The Morgan fingerprint density at radius 3 is 3.07 bits per heavy atom. The molecule has 1 N–H and O–H groups in total. The predicted molar refractivity (Wildman–Crippen MR) is 64.9 cm³/mol. The van der Waals surface area contributed by atoms with Crippen LogP contribution in [-0.4, -0.2) is 10.9 Å². The Bertz CT molecular complexity index is 450. The average Bonchev–Trinajstić information content (AvgIpc) is 2.77.